The second kappa shape index (κ2) is 14.5. The van der Waals surface area contributed by atoms with Gasteiger partial charge in [0.15, 0.2) is 0 Å². The minimum Gasteiger partial charge on any atom is -0.456 e. The van der Waals surface area contributed by atoms with E-state index in [0.717, 1.165) is 61.8 Å². The van der Waals surface area contributed by atoms with Gasteiger partial charge in [0, 0.05) is 48.6 Å². The van der Waals surface area contributed by atoms with Crippen molar-refractivity contribution in [2.45, 2.75) is 0 Å². The smallest absolute Gasteiger partial charge is 0.137 e. The first-order valence-electron chi connectivity index (χ1n) is 20.7. The molecule has 0 fully saturated rings. The van der Waals surface area contributed by atoms with Crippen molar-refractivity contribution in [3.63, 3.8) is 0 Å². The van der Waals surface area contributed by atoms with Crippen LogP contribution in [0.2, 0.25) is 0 Å². The molecule has 0 radical (unpaired) electrons. The highest BCUT2D eigenvalue weighted by atomic mass is 32.1. The molecule has 1 N–H and O–H groups in total. The van der Waals surface area contributed by atoms with Crippen LogP contribution in [0.25, 0.3) is 97.7 Å². The number of ether oxygens (including phenoxy) is 1. The Hall–Kier alpha value is -7.72. The Bertz CT molecular complexity index is 3440. The average Bonchev–Trinajstić information content (AvgIpc) is 3.66. The molecule has 10 aromatic carbocycles. The monoisotopic (exact) mass is 795 g/mol. The Labute approximate surface area is 358 Å². The SMILES string of the molecule is c1ccc(-c2ccc(Nc3cc4c(cc3-c3ccc(-c5cccc6c5sc5ccccc56)cc3)-c3cc5ccccc5cc3-c3cc(-c5ccccc5)ccc3O4)cc2)cc1. The lowest BCUT2D eigenvalue weighted by atomic mass is 9.88. The van der Waals surface area contributed by atoms with Crippen LogP contribution in [-0.4, -0.2) is 0 Å². The van der Waals surface area contributed by atoms with E-state index in [1.54, 1.807) is 0 Å². The molecule has 286 valence electrons. The maximum Gasteiger partial charge on any atom is 0.137 e. The highest BCUT2D eigenvalue weighted by Crippen LogP contribution is 2.52. The van der Waals surface area contributed by atoms with Gasteiger partial charge in [-0.25, -0.2) is 0 Å². The van der Waals surface area contributed by atoms with Crippen molar-refractivity contribution in [3.8, 4) is 78.3 Å². The zero-order valence-corrected chi connectivity index (χ0v) is 33.9. The fourth-order valence-electron chi connectivity index (χ4n) is 9.00. The molecule has 11 aromatic rings. The van der Waals surface area contributed by atoms with Crippen LogP contribution in [0.1, 0.15) is 0 Å². The molecule has 1 aliphatic rings. The number of benzene rings is 10. The number of thiophene rings is 1. The summed E-state index contributed by atoms with van der Waals surface area (Å²) in [5.74, 6) is 1.64. The number of nitrogens with one attached hydrogen (secondary N) is 1. The van der Waals surface area contributed by atoms with Crippen molar-refractivity contribution >= 4 is 53.7 Å². The van der Waals surface area contributed by atoms with E-state index in [1.165, 1.54) is 58.8 Å². The van der Waals surface area contributed by atoms with Gasteiger partial charge in [-0.2, -0.15) is 0 Å². The number of fused-ring (bicyclic) bond motifs is 9. The summed E-state index contributed by atoms with van der Waals surface area (Å²) in [7, 11) is 0. The predicted molar refractivity (Wildman–Crippen MR) is 259 cm³/mol. The first kappa shape index (κ1) is 35.2. The molecular formula is C58H37NOS. The standard InChI is InChI=1S/C58H37NOS/c1-3-12-37(13-4-1)39-26-29-45(30-27-39)59-54-36-56-53(35-49(54)41-24-22-40(23-25-41)46-19-11-20-48-47-18-9-10-21-57(47)61-58(46)48)51-33-43-17-8-7-16-42(43)32-50(51)52-34-44(28-31-55(52)60-56)38-14-5-2-6-15-38/h1-36,59H. The van der Waals surface area contributed by atoms with E-state index in [0.29, 0.717) is 0 Å². The van der Waals surface area contributed by atoms with Crippen molar-refractivity contribution in [2.24, 2.45) is 0 Å². The molecule has 1 aromatic heterocycles. The quantitative estimate of drug-likeness (QED) is 0.181. The lowest BCUT2D eigenvalue weighted by molar-refractivity contribution is 0.488. The summed E-state index contributed by atoms with van der Waals surface area (Å²) >= 11 is 1.87. The molecule has 1 aliphatic heterocycles. The summed E-state index contributed by atoms with van der Waals surface area (Å²) in [6, 6.07) is 78.7. The van der Waals surface area contributed by atoms with E-state index in [4.69, 9.17) is 4.74 Å². The first-order chi connectivity index (χ1) is 30.2. The van der Waals surface area contributed by atoms with Crippen molar-refractivity contribution in [1.82, 2.24) is 0 Å². The van der Waals surface area contributed by atoms with E-state index >= 15 is 0 Å². The van der Waals surface area contributed by atoms with E-state index in [2.05, 4.69) is 224 Å². The zero-order valence-electron chi connectivity index (χ0n) is 33.1. The molecule has 2 heterocycles. The van der Waals surface area contributed by atoms with Crippen LogP contribution in [0.5, 0.6) is 11.5 Å². The molecular weight excluding hydrogens is 759 g/mol. The molecule has 61 heavy (non-hydrogen) atoms. The lowest BCUT2D eigenvalue weighted by Crippen LogP contribution is -1.97. The summed E-state index contributed by atoms with van der Waals surface area (Å²) < 4.78 is 9.68. The van der Waals surface area contributed by atoms with Gasteiger partial charge >= 0.3 is 0 Å². The molecule has 12 rings (SSSR count). The van der Waals surface area contributed by atoms with Crippen LogP contribution >= 0.6 is 11.3 Å². The minimum atomic E-state index is 0.808. The third-order valence-corrected chi connectivity index (χ3v) is 13.3. The largest absolute Gasteiger partial charge is 0.456 e. The summed E-state index contributed by atoms with van der Waals surface area (Å²) in [5.41, 5.74) is 15.8. The number of rotatable bonds is 6. The third kappa shape index (κ3) is 6.26. The molecule has 0 saturated heterocycles. The Balaban J connectivity index is 1.03. The summed E-state index contributed by atoms with van der Waals surface area (Å²) in [6.45, 7) is 0. The normalized spacial score (nSPS) is 11.7. The Morgan fingerprint density at radius 3 is 1.61 bits per heavy atom. The van der Waals surface area contributed by atoms with E-state index in [1.807, 2.05) is 11.3 Å². The van der Waals surface area contributed by atoms with E-state index in [9.17, 15) is 0 Å². The molecule has 0 amide bonds. The highest BCUT2D eigenvalue weighted by molar-refractivity contribution is 7.26. The molecule has 0 aliphatic carbocycles. The lowest BCUT2D eigenvalue weighted by Gasteiger charge is -2.19. The second-order valence-corrected chi connectivity index (χ2v) is 16.8. The van der Waals surface area contributed by atoms with Crippen molar-refractivity contribution < 1.29 is 4.74 Å². The van der Waals surface area contributed by atoms with Crippen LogP contribution in [0, 0.1) is 0 Å². The molecule has 0 spiro atoms. The maximum atomic E-state index is 7.05. The Kier molecular flexibility index (Phi) is 8.39. The molecule has 0 unspecified atom stereocenters. The van der Waals surface area contributed by atoms with E-state index in [-0.39, 0.29) is 0 Å². The molecule has 0 bridgehead atoms. The third-order valence-electron chi connectivity index (χ3n) is 12.1. The van der Waals surface area contributed by atoms with Gasteiger partial charge in [-0.1, -0.05) is 164 Å². The van der Waals surface area contributed by atoms with Crippen LogP contribution < -0.4 is 10.1 Å². The first-order valence-corrected chi connectivity index (χ1v) is 21.5. The summed E-state index contributed by atoms with van der Waals surface area (Å²) in [6.07, 6.45) is 0. The molecule has 2 nitrogen and oxygen atoms in total. The van der Waals surface area contributed by atoms with Crippen LogP contribution in [0.3, 0.4) is 0 Å². The van der Waals surface area contributed by atoms with E-state index < -0.39 is 0 Å². The molecule has 3 heteroatoms. The van der Waals surface area contributed by atoms with Crippen LogP contribution in [0.15, 0.2) is 218 Å². The van der Waals surface area contributed by atoms with Gasteiger partial charge in [0.05, 0.1) is 5.69 Å². The van der Waals surface area contributed by atoms with Crippen LogP contribution in [-0.2, 0) is 0 Å². The number of hydrogen-bond donors (Lipinski definition) is 1. The van der Waals surface area contributed by atoms with Gasteiger partial charge < -0.3 is 10.1 Å². The van der Waals surface area contributed by atoms with Gasteiger partial charge in [0.1, 0.15) is 11.5 Å². The van der Waals surface area contributed by atoms with Crippen molar-refractivity contribution in [3.05, 3.63) is 218 Å². The van der Waals surface area contributed by atoms with Gasteiger partial charge in [-0.3, -0.25) is 0 Å². The Morgan fingerprint density at radius 1 is 0.328 bits per heavy atom. The molecule has 0 atom stereocenters. The van der Waals surface area contributed by atoms with Gasteiger partial charge in [-0.05, 0) is 109 Å². The summed E-state index contributed by atoms with van der Waals surface area (Å²) in [5, 5.41) is 8.84. The minimum absolute atomic E-state index is 0.808. The van der Waals surface area contributed by atoms with Gasteiger partial charge in [0.25, 0.3) is 0 Å². The fourth-order valence-corrected chi connectivity index (χ4v) is 10.2. The maximum absolute atomic E-state index is 7.05. The summed E-state index contributed by atoms with van der Waals surface area (Å²) in [4.78, 5) is 0. The fraction of sp³-hybridized carbons (Fsp3) is 0. The molecule has 0 saturated carbocycles. The average molecular weight is 796 g/mol. The van der Waals surface area contributed by atoms with Gasteiger partial charge in [0.2, 0.25) is 0 Å². The topological polar surface area (TPSA) is 21.3 Å². The zero-order chi connectivity index (χ0) is 40.3. The second-order valence-electron chi connectivity index (χ2n) is 15.7. The number of anilines is 2. The Morgan fingerprint density at radius 2 is 0.885 bits per heavy atom. The van der Waals surface area contributed by atoms with Crippen LogP contribution in [0.4, 0.5) is 11.4 Å². The highest BCUT2D eigenvalue weighted by Gasteiger charge is 2.25. The number of hydrogen-bond acceptors (Lipinski definition) is 3. The van der Waals surface area contributed by atoms with Gasteiger partial charge in [-0.15, -0.1) is 11.3 Å². The van der Waals surface area contributed by atoms with Crippen molar-refractivity contribution in [1.29, 1.82) is 0 Å². The van der Waals surface area contributed by atoms with Crippen molar-refractivity contribution in [2.75, 3.05) is 5.32 Å². The predicted octanol–water partition coefficient (Wildman–Crippen LogP) is 17.1.